The van der Waals surface area contributed by atoms with Crippen molar-refractivity contribution in [2.45, 2.75) is 12.8 Å². The monoisotopic (exact) mass is 385 g/mol. The first kappa shape index (κ1) is 17.6. The number of aromatic nitrogens is 4. The molecule has 0 spiro atoms. The van der Waals surface area contributed by atoms with Gasteiger partial charge in [0.2, 0.25) is 0 Å². The first-order chi connectivity index (χ1) is 13.5. The van der Waals surface area contributed by atoms with E-state index in [1.165, 1.54) is 35.1 Å². The SMILES string of the molecule is O=C(O)Nc1cnc2nc(-c3cc(NC(=O)N4CCCC4)ccc3F)cn2n1. The molecule has 144 valence electrons. The molecular formula is C17H16FN7O3. The Hall–Kier alpha value is -3.76. The van der Waals surface area contributed by atoms with Crippen LogP contribution in [0.15, 0.2) is 30.6 Å². The first-order valence-electron chi connectivity index (χ1n) is 8.58. The number of nitrogens with zero attached hydrogens (tertiary/aromatic N) is 5. The number of carbonyl (C=O) groups excluding carboxylic acids is 1. The van der Waals surface area contributed by atoms with Crippen LogP contribution in [0.4, 0.5) is 25.5 Å². The molecule has 0 atom stereocenters. The van der Waals surface area contributed by atoms with Crippen molar-refractivity contribution in [1.82, 2.24) is 24.5 Å². The summed E-state index contributed by atoms with van der Waals surface area (Å²) in [6.07, 6.45) is 3.31. The predicted molar refractivity (Wildman–Crippen MR) is 97.6 cm³/mol. The molecule has 3 N–H and O–H groups in total. The predicted octanol–water partition coefficient (Wildman–Crippen LogP) is 2.65. The summed E-state index contributed by atoms with van der Waals surface area (Å²) in [6, 6.07) is 3.99. The van der Waals surface area contributed by atoms with Gasteiger partial charge in [-0.25, -0.2) is 28.5 Å². The average molecular weight is 385 g/mol. The van der Waals surface area contributed by atoms with Gasteiger partial charge in [0, 0.05) is 24.3 Å². The summed E-state index contributed by atoms with van der Waals surface area (Å²) in [5, 5.41) is 17.6. The van der Waals surface area contributed by atoms with Gasteiger partial charge in [-0.15, -0.1) is 5.10 Å². The van der Waals surface area contributed by atoms with Gasteiger partial charge in [0.25, 0.3) is 5.78 Å². The number of halogens is 1. The van der Waals surface area contributed by atoms with Crippen LogP contribution in [0, 0.1) is 5.82 Å². The van der Waals surface area contributed by atoms with Crippen molar-refractivity contribution in [3.05, 3.63) is 36.4 Å². The van der Waals surface area contributed by atoms with E-state index in [4.69, 9.17) is 5.11 Å². The number of nitrogens with one attached hydrogen (secondary N) is 2. The lowest BCUT2D eigenvalue weighted by atomic mass is 10.1. The van der Waals surface area contributed by atoms with E-state index in [2.05, 4.69) is 25.7 Å². The third kappa shape index (κ3) is 3.54. The van der Waals surface area contributed by atoms with Crippen molar-refractivity contribution in [3.63, 3.8) is 0 Å². The van der Waals surface area contributed by atoms with Crippen LogP contribution in [-0.2, 0) is 0 Å². The van der Waals surface area contributed by atoms with Crippen LogP contribution in [0.3, 0.4) is 0 Å². The van der Waals surface area contributed by atoms with Crippen molar-refractivity contribution in [1.29, 1.82) is 0 Å². The van der Waals surface area contributed by atoms with Gasteiger partial charge in [-0.05, 0) is 31.0 Å². The molecule has 1 saturated heterocycles. The molecule has 1 aliphatic rings. The summed E-state index contributed by atoms with van der Waals surface area (Å²) in [5.74, 6) is -0.334. The third-order valence-electron chi connectivity index (χ3n) is 4.31. The molecule has 0 unspecified atom stereocenters. The maximum Gasteiger partial charge on any atom is 0.410 e. The Bertz CT molecular complexity index is 1060. The highest BCUT2D eigenvalue weighted by Gasteiger charge is 2.19. The Morgan fingerprint density at radius 3 is 2.71 bits per heavy atom. The minimum Gasteiger partial charge on any atom is -0.465 e. The lowest BCUT2D eigenvalue weighted by Crippen LogP contribution is -2.32. The number of amides is 3. The molecule has 0 radical (unpaired) electrons. The second-order valence-corrected chi connectivity index (χ2v) is 6.26. The lowest BCUT2D eigenvalue weighted by Gasteiger charge is -2.16. The van der Waals surface area contributed by atoms with Crippen molar-refractivity contribution < 1.29 is 19.1 Å². The Labute approximate surface area is 158 Å². The maximum absolute atomic E-state index is 14.4. The summed E-state index contributed by atoms with van der Waals surface area (Å²) >= 11 is 0. The number of carbonyl (C=O) groups is 2. The van der Waals surface area contributed by atoms with Gasteiger partial charge in [0.1, 0.15) is 5.82 Å². The molecule has 3 amide bonds. The summed E-state index contributed by atoms with van der Waals surface area (Å²) in [5.41, 5.74) is 0.862. The molecular weight excluding hydrogens is 369 g/mol. The molecule has 0 saturated carbocycles. The molecule has 1 fully saturated rings. The van der Waals surface area contributed by atoms with Crippen LogP contribution in [0.2, 0.25) is 0 Å². The van der Waals surface area contributed by atoms with Crippen molar-refractivity contribution in [2.24, 2.45) is 0 Å². The minimum atomic E-state index is -1.28. The number of hydrogen-bond donors (Lipinski definition) is 3. The Balaban J connectivity index is 1.62. The standard InChI is InChI=1S/C17H16FN7O3/c18-12-4-3-10(20-16(26)24-5-1-2-6-24)7-11(12)13-9-25-15(21-13)19-8-14(23-25)22-17(27)28/h3-4,7-9H,1-2,5-6H2,(H,20,26)(H,22,23)(H,27,28). The molecule has 11 heteroatoms. The van der Waals surface area contributed by atoms with Gasteiger partial charge in [-0.1, -0.05) is 0 Å². The van der Waals surface area contributed by atoms with E-state index in [-0.39, 0.29) is 28.9 Å². The topological polar surface area (TPSA) is 125 Å². The fourth-order valence-corrected chi connectivity index (χ4v) is 3.00. The van der Waals surface area contributed by atoms with Gasteiger partial charge in [0.15, 0.2) is 5.82 Å². The summed E-state index contributed by atoms with van der Waals surface area (Å²) in [7, 11) is 0. The Morgan fingerprint density at radius 1 is 1.18 bits per heavy atom. The van der Waals surface area contributed by atoms with E-state index >= 15 is 0 Å². The molecule has 10 nitrogen and oxygen atoms in total. The van der Waals surface area contributed by atoms with Gasteiger partial charge in [-0.3, -0.25) is 5.32 Å². The van der Waals surface area contributed by atoms with Crippen molar-refractivity contribution >= 4 is 29.4 Å². The van der Waals surface area contributed by atoms with Crippen molar-refractivity contribution in [3.8, 4) is 11.3 Å². The second-order valence-electron chi connectivity index (χ2n) is 6.26. The number of rotatable bonds is 3. The molecule has 0 bridgehead atoms. The number of likely N-dealkylation sites (tertiary alicyclic amines) is 1. The fraction of sp³-hybridized carbons (Fsp3) is 0.235. The minimum absolute atomic E-state index is 0.0102. The van der Waals surface area contributed by atoms with Crippen molar-refractivity contribution in [2.75, 3.05) is 23.7 Å². The van der Waals surface area contributed by atoms with E-state index in [0.29, 0.717) is 18.8 Å². The Morgan fingerprint density at radius 2 is 1.96 bits per heavy atom. The second kappa shape index (κ2) is 7.10. The molecule has 0 aliphatic carbocycles. The van der Waals surface area contributed by atoms with E-state index in [1.54, 1.807) is 4.90 Å². The highest BCUT2D eigenvalue weighted by Crippen LogP contribution is 2.26. The highest BCUT2D eigenvalue weighted by molar-refractivity contribution is 5.90. The number of carboxylic acid groups (broad SMARTS) is 1. The van der Waals surface area contributed by atoms with Crippen LogP contribution in [-0.4, -0.2) is 54.8 Å². The van der Waals surface area contributed by atoms with E-state index in [9.17, 15) is 14.0 Å². The summed E-state index contributed by atoms with van der Waals surface area (Å²) in [4.78, 5) is 32.9. The van der Waals surface area contributed by atoms with E-state index in [0.717, 1.165) is 12.8 Å². The van der Waals surface area contributed by atoms with E-state index in [1.807, 2.05) is 0 Å². The number of urea groups is 1. The van der Waals surface area contributed by atoms with Crippen LogP contribution in [0.5, 0.6) is 0 Å². The van der Waals surface area contributed by atoms with Crippen LogP contribution in [0.25, 0.3) is 17.0 Å². The number of anilines is 2. The molecule has 3 aromatic rings. The Kier molecular flexibility index (Phi) is 4.47. The number of fused-ring (bicyclic) bond motifs is 1. The normalized spacial score (nSPS) is 13.7. The van der Waals surface area contributed by atoms with Gasteiger partial charge >= 0.3 is 12.1 Å². The van der Waals surface area contributed by atoms with Gasteiger partial charge in [0.05, 0.1) is 18.1 Å². The molecule has 1 aromatic carbocycles. The number of benzene rings is 1. The average Bonchev–Trinajstić information content (AvgIpc) is 3.32. The van der Waals surface area contributed by atoms with Crippen LogP contribution >= 0.6 is 0 Å². The first-order valence-corrected chi connectivity index (χ1v) is 8.58. The summed E-state index contributed by atoms with van der Waals surface area (Å²) in [6.45, 7) is 1.41. The number of hydrogen-bond acceptors (Lipinski definition) is 5. The number of imidazole rings is 1. The zero-order valence-corrected chi connectivity index (χ0v) is 14.6. The van der Waals surface area contributed by atoms with Crippen LogP contribution < -0.4 is 10.6 Å². The molecule has 4 rings (SSSR count). The maximum atomic E-state index is 14.4. The van der Waals surface area contributed by atoms with E-state index < -0.39 is 11.9 Å². The summed E-state index contributed by atoms with van der Waals surface area (Å²) < 4.78 is 15.6. The quantitative estimate of drug-likeness (QED) is 0.637. The lowest BCUT2D eigenvalue weighted by molar-refractivity contribution is 0.209. The highest BCUT2D eigenvalue weighted by atomic mass is 19.1. The van der Waals surface area contributed by atoms with Gasteiger partial charge < -0.3 is 15.3 Å². The largest absolute Gasteiger partial charge is 0.465 e. The zero-order valence-electron chi connectivity index (χ0n) is 14.6. The third-order valence-corrected chi connectivity index (χ3v) is 4.31. The van der Waals surface area contributed by atoms with Gasteiger partial charge in [-0.2, -0.15) is 0 Å². The molecule has 3 heterocycles. The smallest absolute Gasteiger partial charge is 0.410 e. The molecule has 28 heavy (non-hydrogen) atoms. The molecule has 2 aromatic heterocycles. The van der Waals surface area contributed by atoms with Crippen LogP contribution in [0.1, 0.15) is 12.8 Å². The molecule has 1 aliphatic heterocycles. The fourth-order valence-electron chi connectivity index (χ4n) is 3.00. The zero-order chi connectivity index (χ0) is 19.7.